The Labute approximate surface area is 154 Å². The maximum Gasteiger partial charge on any atom is 0.239 e. The highest BCUT2D eigenvalue weighted by Crippen LogP contribution is 2.17. The van der Waals surface area contributed by atoms with Gasteiger partial charge in [-0.15, -0.1) is 0 Å². The van der Waals surface area contributed by atoms with Crippen LogP contribution in [0.1, 0.15) is 31.9 Å². The van der Waals surface area contributed by atoms with Gasteiger partial charge in [-0.25, -0.2) is 0 Å². The Hall–Kier alpha value is -2.04. The Morgan fingerprint density at radius 3 is 2.40 bits per heavy atom. The van der Waals surface area contributed by atoms with Crippen LogP contribution in [0.15, 0.2) is 54.6 Å². The van der Waals surface area contributed by atoms with Crippen LogP contribution in [-0.2, 0) is 4.79 Å². The minimum absolute atomic E-state index is 0.0883. The Kier molecular flexibility index (Phi) is 7.29. The second kappa shape index (κ2) is 9.44. The first-order valence-electron chi connectivity index (χ1n) is 8.52. The fourth-order valence-electron chi connectivity index (χ4n) is 2.58. The van der Waals surface area contributed by atoms with E-state index in [0.717, 1.165) is 11.3 Å². The van der Waals surface area contributed by atoms with Gasteiger partial charge in [0.05, 0.1) is 18.7 Å². The number of carbonyl (C=O) groups is 1. The van der Waals surface area contributed by atoms with Gasteiger partial charge in [0, 0.05) is 17.3 Å². The van der Waals surface area contributed by atoms with Crippen LogP contribution in [0.5, 0.6) is 0 Å². The van der Waals surface area contributed by atoms with Crippen LogP contribution in [0.2, 0.25) is 5.02 Å². The topological polar surface area (TPSA) is 52.6 Å². The summed E-state index contributed by atoms with van der Waals surface area (Å²) in [6.45, 7) is 4.48. The first kappa shape index (κ1) is 19.3. The molecule has 0 aliphatic rings. The minimum Gasteiger partial charge on any atom is -0.391 e. The molecule has 0 radical (unpaired) electrons. The number of nitrogens with one attached hydrogen (secondary N) is 1. The first-order chi connectivity index (χ1) is 12.0. The van der Waals surface area contributed by atoms with E-state index in [4.69, 9.17) is 11.6 Å². The van der Waals surface area contributed by atoms with E-state index in [1.54, 1.807) is 0 Å². The molecule has 25 heavy (non-hydrogen) atoms. The highest BCUT2D eigenvalue weighted by atomic mass is 35.5. The molecule has 2 unspecified atom stereocenters. The molecule has 2 atom stereocenters. The Morgan fingerprint density at radius 2 is 1.80 bits per heavy atom. The summed E-state index contributed by atoms with van der Waals surface area (Å²) in [5, 5.41) is 13.7. The minimum atomic E-state index is -0.471. The molecule has 0 bridgehead atoms. The van der Waals surface area contributed by atoms with Crippen molar-refractivity contribution in [1.29, 1.82) is 0 Å². The van der Waals surface area contributed by atoms with Gasteiger partial charge in [-0.2, -0.15) is 0 Å². The molecule has 0 saturated carbocycles. The standard InChI is InChI=1S/C20H25ClN2O2/c1-3-19(24)13-23(18-7-5-4-6-8-18)14-20(25)22-15(2)16-9-11-17(21)12-10-16/h4-12,15,19,24H,3,13-14H2,1-2H3,(H,22,25). The van der Waals surface area contributed by atoms with Gasteiger partial charge in [0.25, 0.3) is 0 Å². The number of rotatable bonds is 8. The van der Waals surface area contributed by atoms with Gasteiger partial charge in [0.1, 0.15) is 0 Å². The van der Waals surface area contributed by atoms with Crippen molar-refractivity contribution < 1.29 is 9.90 Å². The third kappa shape index (κ3) is 6.07. The molecule has 2 aromatic carbocycles. The van der Waals surface area contributed by atoms with Crippen LogP contribution in [0.4, 0.5) is 5.69 Å². The summed E-state index contributed by atoms with van der Waals surface area (Å²) in [5.41, 5.74) is 1.92. The fraction of sp³-hybridized carbons (Fsp3) is 0.350. The monoisotopic (exact) mass is 360 g/mol. The number of amides is 1. The van der Waals surface area contributed by atoms with Crippen molar-refractivity contribution in [3.05, 3.63) is 65.2 Å². The molecule has 0 saturated heterocycles. The molecule has 0 heterocycles. The first-order valence-corrected chi connectivity index (χ1v) is 8.90. The maximum absolute atomic E-state index is 12.5. The van der Waals surface area contributed by atoms with E-state index in [0.29, 0.717) is 18.0 Å². The number of benzene rings is 2. The Morgan fingerprint density at radius 1 is 1.16 bits per heavy atom. The van der Waals surface area contributed by atoms with Crippen LogP contribution >= 0.6 is 11.6 Å². The molecular formula is C20H25ClN2O2. The van der Waals surface area contributed by atoms with Gasteiger partial charge in [-0.1, -0.05) is 48.9 Å². The number of para-hydroxylation sites is 1. The molecule has 2 N–H and O–H groups in total. The molecule has 0 aliphatic carbocycles. The summed E-state index contributed by atoms with van der Waals surface area (Å²) in [5.74, 6) is -0.0883. The predicted molar refractivity (Wildman–Crippen MR) is 103 cm³/mol. The van der Waals surface area contributed by atoms with E-state index in [9.17, 15) is 9.90 Å². The molecule has 4 nitrogen and oxygen atoms in total. The van der Waals surface area contributed by atoms with Gasteiger partial charge < -0.3 is 15.3 Å². The van der Waals surface area contributed by atoms with Crippen molar-refractivity contribution in [3.63, 3.8) is 0 Å². The predicted octanol–water partition coefficient (Wildman–Crippen LogP) is 3.79. The van der Waals surface area contributed by atoms with E-state index in [-0.39, 0.29) is 18.5 Å². The summed E-state index contributed by atoms with van der Waals surface area (Å²) in [6, 6.07) is 17.0. The summed E-state index contributed by atoms with van der Waals surface area (Å²) in [4.78, 5) is 14.4. The maximum atomic E-state index is 12.5. The van der Waals surface area contributed by atoms with E-state index in [1.807, 2.05) is 73.3 Å². The highest BCUT2D eigenvalue weighted by Gasteiger charge is 2.16. The fourth-order valence-corrected chi connectivity index (χ4v) is 2.70. The number of hydrogen-bond donors (Lipinski definition) is 2. The van der Waals surface area contributed by atoms with E-state index < -0.39 is 6.10 Å². The van der Waals surface area contributed by atoms with Gasteiger partial charge >= 0.3 is 0 Å². The average molecular weight is 361 g/mol. The SMILES string of the molecule is CCC(O)CN(CC(=O)NC(C)c1ccc(Cl)cc1)c1ccccc1. The molecule has 2 rings (SSSR count). The zero-order chi connectivity index (χ0) is 18.2. The lowest BCUT2D eigenvalue weighted by Crippen LogP contribution is -2.41. The molecule has 0 aliphatic heterocycles. The summed E-state index contributed by atoms with van der Waals surface area (Å²) in [7, 11) is 0. The van der Waals surface area contributed by atoms with E-state index >= 15 is 0 Å². The number of carbonyl (C=O) groups excluding carboxylic acids is 1. The largest absolute Gasteiger partial charge is 0.391 e. The average Bonchev–Trinajstić information content (AvgIpc) is 2.62. The highest BCUT2D eigenvalue weighted by molar-refractivity contribution is 6.30. The second-order valence-electron chi connectivity index (χ2n) is 6.12. The molecule has 1 amide bonds. The van der Waals surface area contributed by atoms with Crippen molar-refractivity contribution in [2.24, 2.45) is 0 Å². The molecule has 0 spiro atoms. The van der Waals surface area contributed by atoms with Gasteiger partial charge in [0.2, 0.25) is 5.91 Å². The third-order valence-corrected chi connectivity index (χ3v) is 4.36. The molecular weight excluding hydrogens is 336 g/mol. The van der Waals surface area contributed by atoms with Gasteiger partial charge in [-0.05, 0) is 43.2 Å². The number of aliphatic hydroxyl groups excluding tert-OH is 1. The number of nitrogens with zero attached hydrogens (tertiary/aromatic N) is 1. The van der Waals surface area contributed by atoms with Crippen LogP contribution < -0.4 is 10.2 Å². The van der Waals surface area contributed by atoms with Crippen molar-refractivity contribution in [1.82, 2.24) is 5.32 Å². The van der Waals surface area contributed by atoms with E-state index in [1.165, 1.54) is 0 Å². The van der Waals surface area contributed by atoms with Crippen molar-refractivity contribution >= 4 is 23.2 Å². The van der Waals surface area contributed by atoms with Crippen LogP contribution in [0, 0.1) is 0 Å². The lowest BCUT2D eigenvalue weighted by Gasteiger charge is -2.27. The number of aliphatic hydroxyl groups is 1. The summed E-state index contributed by atoms with van der Waals surface area (Å²) < 4.78 is 0. The summed E-state index contributed by atoms with van der Waals surface area (Å²) in [6.07, 6.45) is 0.174. The lowest BCUT2D eigenvalue weighted by atomic mass is 10.1. The zero-order valence-corrected chi connectivity index (χ0v) is 15.4. The molecule has 134 valence electrons. The number of halogens is 1. The second-order valence-corrected chi connectivity index (χ2v) is 6.56. The van der Waals surface area contributed by atoms with Crippen molar-refractivity contribution in [2.75, 3.05) is 18.0 Å². The zero-order valence-electron chi connectivity index (χ0n) is 14.7. The third-order valence-electron chi connectivity index (χ3n) is 4.11. The summed E-state index contributed by atoms with van der Waals surface area (Å²) >= 11 is 5.90. The Bertz CT molecular complexity index is 661. The lowest BCUT2D eigenvalue weighted by molar-refractivity contribution is -0.120. The normalized spacial score (nSPS) is 13.1. The van der Waals surface area contributed by atoms with Crippen LogP contribution in [0.3, 0.4) is 0 Å². The molecule has 2 aromatic rings. The van der Waals surface area contributed by atoms with Gasteiger partial charge in [-0.3, -0.25) is 4.79 Å². The molecule has 0 aromatic heterocycles. The number of anilines is 1. The van der Waals surface area contributed by atoms with Crippen molar-refractivity contribution in [3.8, 4) is 0 Å². The van der Waals surface area contributed by atoms with Crippen molar-refractivity contribution in [2.45, 2.75) is 32.4 Å². The van der Waals surface area contributed by atoms with Crippen LogP contribution in [-0.4, -0.2) is 30.2 Å². The molecule has 0 fully saturated rings. The quantitative estimate of drug-likeness (QED) is 0.753. The molecule has 5 heteroatoms. The Balaban J connectivity index is 2.02. The van der Waals surface area contributed by atoms with E-state index in [2.05, 4.69) is 5.32 Å². The smallest absolute Gasteiger partial charge is 0.239 e. The van der Waals surface area contributed by atoms with Gasteiger partial charge in [0.15, 0.2) is 0 Å². The number of hydrogen-bond acceptors (Lipinski definition) is 3. The van der Waals surface area contributed by atoms with Crippen LogP contribution in [0.25, 0.3) is 0 Å².